The van der Waals surface area contributed by atoms with Gasteiger partial charge in [0.2, 0.25) is 0 Å². The van der Waals surface area contributed by atoms with Gasteiger partial charge in [-0.25, -0.2) is 9.98 Å². The Kier molecular flexibility index (Phi) is 7.83. The molecule has 0 aliphatic rings. The quantitative estimate of drug-likeness (QED) is 0.421. The van der Waals surface area contributed by atoms with E-state index in [0.717, 1.165) is 49.9 Å². The predicted octanol–water partition coefficient (Wildman–Crippen LogP) is 2.35. The van der Waals surface area contributed by atoms with Gasteiger partial charge in [0.25, 0.3) is 0 Å². The van der Waals surface area contributed by atoms with Gasteiger partial charge in [-0.05, 0) is 31.9 Å². The molecule has 6 nitrogen and oxygen atoms in total. The minimum Gasteiger partial charge on any atom is -0.382 e. The zero-order valence-electron chi connectivity index (χ0n) is 14.5. The van der Waals surface area contributed by atoms with Gasteiger partial charge in [0, 0.05) is 38.7 Å². The molecular weight excluding hydrogens is 302 g/mol. The van der Waals surface area contributed by atoms with Gasteiger partial charge < -0.3 is 19.9 Å². The van der Waals surface area contributed by atoms with E-state index >= 15 is 0 Å². The molecule has 1 heterocycles. The molecule has 6 heteroatoms. The lowest BCUT2D eigenvalue weighted by Crippen LogP contribution is -2.38. The Balaban J connectivity index is 1.98. The molecule has 0 aliphatic carbocycles. The number of aromatic nitrogens is 2. The van der Waals surface area contributed by atoms with Gasteiger partial charge in [-0.2, -0.15) is 0 Å². The number of nitrogens with zero attached hydrogens (tertiary/aromatic N) is 3. The molecule has 2 N–H and O–H groups in total. The first-order valence-corrected chi connectivity index (χ1v) is 8.51. The molecule has 0 unspecified atom stereocenters. The minimum atomic E-state index is 0.606. The highest BCUT2D eigenvalue weighted by Gasteiger charge is 2.04. The molecule has 0 fully saturated rings. The van der Waals surface area contributed by atoms with Crippen LogP contribution in [0.3, 0.4) is 0 Å². The van der Waals surface area contributed by atoms with Gasteiger partial charge in [0.15, 0.2) is 5.96 Å². The van der Waals surface area contributed by atoms with E-state index < -0.39 is 0 Å². The fourth-order valence-corrected chi connectivity index (χ4v) is 2.33. The van der Waals surface area contributed by atoms with E-state index in [1.54, 1.807) is 12.5 Å². The number of rotatable bonds is 9. The lowest BCUT2D eigenvalue weighted by Gasteiger charge is -2.12. The van der Waals surface area contributed by atoms with Crippen LogP contribution in [-0.2, 0) is 11.3 Å². The fraction of sp³-hybridized carbons (Fsp3) is 0.444. The van der Waals surface area contributed by atoms with E-state index in [9.17, 15) is 0 Å². The molecule has 0 radical (unpaired) electrons. The van der Waals surface area contributed by atoms with Crippen molar-refractivity contribution in [2.24, 2.45) is 4.99 Å². The smallest absolute Gasteiger partial charge is 0.191 e. The molecule has 130 valence electrons. The van der Waals surface area contributed by atoms with Crippen molar-refractivity contribution < 1.29 is 4.74 Å². The highest BCUT2D eigenvalue weighted by Crippen LogP contribution is 2.14. The van der Waals surface area contributed by atoms with Crippen LogP contribution in [0.4, 0.5) is 0 Å². The van der Waals surface area contributed by atoms with Crippen molar-refractivity contribution in [1.82, 2.24) is 20.2 Å². The van der Waals surface area contributed by atoms with Gasteiger partial charge in [-0.1, -0.05) is 18.2 Å². The highest BCUT2D eigenvalue weighted by atomic mass is 16.5. The van der Waals surface area contributed by atoms with Gasteiger partial charge in [-0.15, -0.1) is 0 Å². The van der Waals surface area contributed by atoms with Crippen molar-refractivity contribution in [3.63, 3.8) is 0 Å². The maximum absolute atomic E-state index is 5.35. The average molecular weight is 329 g/mol. The lowest BCUT2D eigenvalue weighted by molar-refractivity contribution is 0.145. The van der Waals surface area contributed by atoms with Gasteiger partial charge >= 0.3 is 0 Å². The van der Waals surface area contributed by atoms with Gasteiger partial charge in [0.1, 0.15) is 0 Å². The predicted molar refractivity (Wildman–Crippen MR) is 97.5 cm³/mol. The Morgan fingerprint density at radius 1 is 1.25 bits per heavy atom. The molecule has 1 aromatic carbocycles. The van der Waals surface area contributed by atoms with Crippen LogP contribution in [0.15, 0.2) is 48.0 Å². The van der Waals surface area contributed by atoms with E-state index in [2.05, 4.69) is 34.7 Å². The molecule has 2 aromatic rings. The van der Waals surface area contributed by atoms with E-state index in [4.69, 9.17) is 9.73 Å². The van der Waals surface area contributed by atoms with Crippen LogP contribution in [0.2, 0.25) is 0 Å². The van der Waals surface area contributed by atoms with Crippen LogP contribution >= 0.6 is 0 Å². The maximum atomic E-state index is 5.35. The maximum Gasteiger partial charge on any atom is 0.191 e. The zero-order valence-corrected chi connectivity index (χ0v) is 14.5. The first-order valence-electron chi connectivity index (χ1n) is 8.51. The second-order valence-corrected chi connectivity index (χ2v) is 5.27. The van der Waals surface area contributed by atoms with Crippen molar-refractivity contribution >= 4 is 5.96 Å². The molecule has 24 heavy (non-hydrogen) atoms. The van der Waals surface area contributed by atoms with Crippen molar-refractivity contribution in [2.75, 3.05) is 26.3 Å². The van der Waals surface area contributed by atoms with Gasteiger partial charge in [0.05, 0.1) is 18.6 Å². The van der Waals surface area contributed by atoms with Crippen molar-refractivity contribution in [1.29, 1.82) is 0 Å². The molecule has 1 aromatic heterocycles. The molecule has 0 spiro atoms. The Bertz CT molecular complexity index is 610. The summed E-state index contributed by atoms with van der Waals surface area (Å²) < 4.78 is 7.36. The van der Waals surface area contributed by atoms with Crippen LogP contribution in [0, 0.1) is 0 Å². The lowest BCUT2D eigenvalue weighted by atomic mass is 10.2. The van der Waals surface area contributed by atoms with Crippen LogP contribution in [0.25, 0.3) is 5.69 Å². The third kappa shape index (κ3) is 5.70. The van der Waals surface area contributed by atoms with Gasteiger partial charge in [-0.3, -0.25) is 0 Å². The number of hydrogen-bond acceptors (Lipinski definition) is 3. The fourth-order valence-electron chi connectivity index (χ4n) is 2.33. The number of aliphatic imine (C=N–C) groups is 1. The van der Waals surface area contributed by atoms with E-state index in [0.29, 0.717) is 6.54 Å². The summed E-state index contributed by atoms with van der Waals surface area (Å²) in [6.45, 7) is 7.89. The molecule has 0 saturated carbocycles. The molecule has 0 amide bonds. The highest BCUT2D eigenvalue weighted by molar-refractivity contribution is 5.79. The van der Waals surface area contributed by atoms with Crippen LogP contribution in [0.5, 0.6) is 0 Å². The summed E-state index contributed by atoms with van der Waals surface area (Å²) in [6.07, 6.45) is 6.49. The number of ether oxygens (including phenoxy) is 1. The summed E-state index contributed by atoms with van der Waals surface area (Å²) in [5, 5.41) is 6.62. The van der Waals surface area contributed by atoms with Crippen LogP contribution in [0.1, 0.15) is 25.8 Å². The number of imidazole rings is 1. The monoisotopic (exact) mass is 329 g/mol. The third-order valence-electron chi connectivity index (χ3n) is 3.49. The summed E-state index contributed by atoms with van der Waals surface area (Å²) in [6, 6.07) is 8.24. The summed E-state index contributed by atoms with van der Waals surface area (Å²) >= 11 is 0. The number of benzene rings is 1. The van der Waals surface area contributed by atoms with E-state index in [1.807, 2.05) is 29.8 Å². The minimum absolute atomic E-state index is 0.606. The number of guanidine groups is 1. The molecule has 0 bridgehead atoms. The Morgan fingerprint density at radius 3 is 2.88 bits per heavy atom. The van der Waals surface area contributed by atoms with Crippen LogP contribution < -0.4 is 10.6 Å². The first kappa shape index (κ1) is 18.0. The third-order valence-corrected chi connectivity index (χ3v) is 3.49. The largest absolute Gasteiger partial charge is 0.382 e. The topological polar surface area (TPSA) is 63.5 Å². The molecule has 0 saturated heterocycles. The number of nitrogens with one attached hydrogen (secondary N) is 2. The second-order valence-electron chi connectivity index (χ2n) is 5.27. The van der Waals surface area contributed by atoms with Crippen molar-refractivity contribution in [2.45, 2.75) is 26.8 Å². The Hall–Kier alpha value is -2.34. The Labute approximate surface area is 144 Å². The van der Waals surface area contributed by atoms with Crippen molar-refractivity contribution in [3.8, 4) is 5.69 Å². The normalized spacial score (nSPS) is 11.5. The van der Waals surface area contributed by atoms with Crippen LogP contribution in [-0.4, -0.2) is 41.8 Å². The second kappa shape index (κ2) is 10.4. The number of hydrogen-bond donors (Lipinski definition) is 2. The number of para-hydroxylation sites is 1. The summed E-state index contributed by atoms with van der Waals surface area (Å²) in [7, 11) is 0. The first-order chi connectivity index (χ1) is 11.8. The SMILES string of the molecule is CCNC(=NCc1ccccc1-n1ccnc1)NCCCOCC. The zero-order chi connectivity index (χ0) is 17.0. The molecule has 0 atom stereocenters. The summed E-state index contributed by atoms with van der Waals surface area (Å²) in [5.41, 5.74) is 2.26. The molecule has 2 rings (SSSR count). The summed E-state index contributed by atoms with van der Waals surface area (Å²) in [4.78, 5) is 8.81. The van der Waals surface area contributed by atoms with E-state index in [1.165, 1.54) is 0 Å². The Morgan fingerprint density at radius 2 is 2.12 bits per heavy atom. The van der Waals surface area contributed by atoms with E-state index in [-0.39, 0.29) is 0 Å². The molecule has 0 aliphatic heterocycles. The summed E-state index contributed by atoms with van der Waals surface area (Å²) in [5.74, 6) is 0.828. The average Bonchev–Trinajstić information content (AvgIpc) is 3.14. The molecular formula is C18H27N5O. The van der Waals surface area contributed by atoms with Crippen molar-refractivity contribution in [3.05, 3.63) is 48.5 Å². The standard InChI is InChI=1S/C18H27N5O/c1-3-20-18(21-10-7-13-24-4-2)22-14-16-8-5-6-9-17(16)23-12-11-19-15-23/h5-6,8-9,11-12,15H,3-4,7,10,13-14H2,1-2H3,(H2,20,21,22).